The molecule has 0 fully saturated rings. The zero-order chi connectivity index (χ0) is 8.27. The maximum atomic E-state index is 13.0. The normalized spacial score (nSPS) is 9.25. The topological polar surface area (TPSA) is 24.9 Å². The van der Waals surface area contributed by atoms with Gasteiger partial charge in [-0.3, -0.25) is 0 Å². The van der Waals surface area contributed by atoms with Crippen molar-refractivity contribution >= 4 is 28.3 Å². The summed E-state index contributed by atoms with van der Waals surface area (Å²) < 4.78 is 13.3. The van der Waals surface area contributed by atoms with Crippen molar-refractivity contribution in [3.05, 3.63) is 28.2 Å². The van der Waals surface area contributed by atoms with Crippen LogP contribution in [-0.2, 0) is 6.54 Å². The van der Waals surface area contributed by atoms with Gasteiger partial charge in [-0.2, -0.15) is 0 Å². The van der Waals surface area contributed by atoms with E-state index in [-0.39, 0.29) is 22.8 Å². The van der Waals surface area contributed by atoms with Crippen LogP contribution in [-0.4, -0.2) is 12.0 Å². The summed E-state index contributed by atoms with van der Waals surface area (Å²) in [4.78, 5) is 3.74. The van der Waals surface area contributed by atoms with Crippen molar-refractivity contribution in [1.29, 1.82) is 0 Å². The van der Waals surface area contributed by atoms with Gasteiger partial charge in [-0.15, -0.1) is 12.4 Å². The fourth-order valence-corrected chi connectivity index (χ4v) is 1.15. The molecule has 1 N–H and O–H groups in total. The van der Waals surface area contributed by atoms with Crippen LogP contribution in [0.25, 0.3) is 0 Å². The Hall–Kier alpha value is -0.190. The number of halogens is 3. The number of nitrogens with zero attached hydrogens (tertiary/aromatic N) is 1. The van der Waals surface area contributed by atoms with Gasteiger partial charge in [0.2, 0.25) is 0 Å². The zero-order valence-electron chi connectivity index (χ0n) is 6.47. The molecule has 0 radical (unpaired) electrons. The van der Waals surface area contributed by atoms with Crippen LogP contribution >= 0.6 is 28.3 Å². The van der Waals surface area contributed by atoms with Crippen LogP contribution in [0.15, 0.2) is 16.9 Å². The second kappa shape index (κ2) is 5.45. The van der Waals surface area contributed by atoms with E-state index >= 15 is 0 Å². The summed E-state index contributed by atoms with van der Waals surface area (Å²) in [6.45, 7) is 0.521. The van der Waals surface area contributed by atoms with E-state index in [2.05, 4.69) is 26.2 Å². The fraction of sp³-hybridized carbons (Fsp3) is 0.286. The molecule has 0 amide bonds. The van der Waals surface area contributed by atoms with Crippen molar-refractivity contribution in [2.75, 3.05) is 7.05 Å². The lowest BCUT2D eigenvalue weighted by atomic mass is 10.2. The Morgan fingerprint density at radius 3 is 2.92 bits per heavy atom. The lowest BCUT2D eigenvalue weighted by molar-refractivity contribution is 0.586. The van der Waals surface area contributed by atoms with Gasteiger partial charge in [0, 0.05) is 18.3 Å². The number of pyridine rings is 1. The van der Waals surface area contributed by atoms with Gasteiger partial charge in [-0.25, -0.2) is 9.37 Å². The number of hydrogen-bond donors (Lipinski definition) is 1. The van der Waals surface area contributed by atoms with Gasteiger partial charge in [-0.1, -0.05) is 0 Å². The Bertz CT molecular complexity index is 257. The highest BCUT2D eigenvalue weighted by Crippen LogP contribution is 2.14. The number of hydrogen-bond acceptors (Lipinski definition) is 2. The first-order valence-corrected chi connectivity index (χ1v) is 3.98. The first-order chi connectivity index (χ1) is 5.25. The quantitative estimate of drug-likeness (QED) is 0.819. The molecular weight excluding hydrogens is 246 g/mol. The van der Waals surface area contributed by atoms with Gasteiger partial charge in [0.25, 0.3) is 0 Å². The van der Waals surface area contributed by atoms with Gasteiger partial charge >= 0.3 is 0 Å². The summed E-state index contributed by atoms with van der Waals surface area (Å²) in [6.07, 6.45) is 1.57. The molecule has 0 aliphatic heterocycles. The third-order valence-electron chi connectivity index (χ3n) is 1.29. The molecule has 0 aliphatic carbocycles. The highest BCUT2D eigenvalue weighted by molar-refractivity contribution is 9.10. The van der Waals surface area contributed by atoms with Crippen LogP contribution in [0, 0.1) is 5.82 Å². The maximum absolute atomic E-state index is 13.0. The van der Waals surface area contributed by atoms with Crippen molar-refractivity contribution in [3.8, 4) is 0 Å². The van der Waals surface area contributed by atoms with Crippen LogP contribution in [0.2, 0.25) is 0 Å². The molecule has 12 heavy (non-hydrogen) atoms. The second-order valence-corrected chi connectivity index (χ2v) is 2.86. The fourth-order valence-electron chi connectivity index (χ4n) is 0.782. The van der Waals surface area contributed by atoms with E-state index in [4.69, 9.17) is 0 Å². The van der Waals surface area contributed by atoms with Crippen molar-refractivity contribution in [3.63, 3.8) is 0 Å². The first-order valence-electron chi connectivity index (χ1n) is 3.19. The molecular formula is C7H9BrClFN2. The summed E-state index contributed by atoms with van der Waals surface area (Å²) >= 11 is 3.00. The zero-order valence-corrected chi connectivity index (χ0v) is 8.88. The summed E-state index contributed by atoms with van der Waals surface area (Å²) in [5.41, 5.74) is 0.620. The molecule has 0 spiro atoms. The van der Waals surface area contributed by atoms with Gasteiger partial charge in [0.1, 0.15) is 4.60 Å². The molecule has 5 heteroatoms. The Balaban J connectivity index is 0.00000121. The molecule has 0 bridgehead atoms. The summed E-state index contributed by atoms with van der Waals surface area (Å²) in [7, 11) is 1.77. The summed E-state index contributed by atoms with van der Waals surface area (Å²) in [5, 5.41) is 2.86. The minimum Gasteiger partial charge on any atom is -0.316 e. The Labute approximate surface area is 85.1 Å². The predicted molar refractivity (Wildman–Crippen MR) is 51.9 cm³/mol. The van der Waals surface area contributed by atoms with E-state index in [1.54, 1.807) is 19.3 Å². The molecule has 0 aromatic carbocycles. The Kier molecular flexibility index (Phi) is 5.37. The van der Waals surface area contributed by atoms with Gasteiger partial charge in [0.15, 0.2) is 5.82 Å². The largest absolute Gasteiger partial charge is 0.316 e. The molecule has 0 unspecified atom stereocenters. The van der Waals surface area contributed by atoms with Crippen LogP contribution < -0.4 is 5.32 Å². The van der Waals surface area contributed by atoms with Crippen LogP contribution in [0.3, 0.4) is 0 Å². The van der Waals surface area contributed by atoms with E-state index in [1.807, 2.05) is 0 Å². The summed E-state index contributed by atoms with van der Waals surface area (Å²) in [5.74, 6) is -0.290. The minimum atomic E-state index is -0.290. The van der Waals surface area contributed by atoms with Crippen LogP contribution in [0.1, 0.15) is 5.56 Å². The first kappa shape index (κ1) is 11.8. The molecule has 1 aromatic heterocycles. The van der Waals surface area contributed by atoms with Crippen LogP contribution in [0.4, 0.5) is 4.39 Å². The molecule has 0 aliphatic rings. The maximum Gasteiger partial charge on any atom is 0.160 e. The molecule has 68 valence electrons. The highest BCUT2D eigenvalue weighted by Gasteiger charge is 2.04. The van der Waals surface area contributed by atoms with Gasteiger partial charge < -0.3 is 5.32 Å². The summed E-state index contributed by atoms with van der Waals surface area (Å²) in [6, 6.07) is 1.65. The lowest BCUT2D eigenvalue weighted by Crippen LogP contribution is -2.07. The van der Waals surface area contributed by atoms with Gasteiger partial charge in [-0.05, 0) is 29.0 Å². The predicted octanol–water partition coefficient (Wildman–Crippen LogP) is 2.12. The van der Waals surface area contributed by atoms with E-state index in [9.17, 15) is 4.39 Å². The smallest absolute Gasteiger partial charge is 0.160 e. The van der Waals surface area contributed by atoms with Gasteiger partial charge in [0.05, 0.1) is 0 Å². The van der Waals surface area contributed by atoms with Crippen LogP contribution in [0.5, 0.6) is 0 Å². The third kappa shape index (κ3) is 2.69. The average Bonchev–Trinajstić information content (AvgIpc) is 1.99. The number of rotatable bonds is 2. The minimum absolute atomic E-state index is 0. The molecule has 0 saturated heterocycles. The molecule has 2 nitrogen and oxygen atoms in total. The Morgan fingerprint density at radius 2 is 2.33 bits per heavy atom. The van der Waals surface area contributed by atoms with E-state index in [0.29, 0.717) is 12.1 Å². The third-order valence-corrected chi connectivity index (χ3v) is 1.85. The second-order valence-electron chi connectivity index (χ2n) is 2.11. The standard InChI is InChI=1S/C7H8BrFN2.ClH/c1-10-4-5-2-3-11-7(8)6(5)9;/h2-3,10H,4H2,1H3;1H. The highest BCUT2D eigenvalue weighted by atomic mass is 79.9. The van der Waals surface area contributed by atoms with Crippen molar-refractivity contribution in [2.45, 2.75) is 6.54 Å². The van der Waals surface area contributed by atoms with E-state index < -0.39 is 0 Å². The van der Waals surface area contributed by atoms with E-state index in [0.717, 1.165) is 0 Å². The Morgan fingerprint density at radius 1 is 1.67 bits per heavy atom. The van der Waals surface area contributed by atoms with E-state index in [1.165, 1.54) is 0 Å². The lowest BCUT2D eigenvalue weighted by Gasteiger charge is -2.01. The van der Waals surface area contributed by atoms with Crippen molar-refractivity contribution < 1.29 is 4.39 Å². The molecule has 0 saturated carbocycles. The number of nitrogens with one attached hydrogen (secondary N) is 1. The SMILES string of the molecule is CNCc1ccnc(Br)c1F.Cl. The average molecular weight is 256 g/mol. The molecule has 1 heterocycles. The van der Waals surface area contributed by atoms with Crippen molar-refractivity contribution in [2.24, 2.45) is 0 Å². The monoisotopic (exact) mass is 254 g/mol. The molecule has 1 aromatic rings. The molecule has 1 rings (SSSR count). The van der Waals surface area contributed by atoms with Crippen molar-refractivity contribution in [1.82, 2.24) is 10.3 Å². The number of aromatic nitrogens is 1. The molecule has 0 atom stereocenters.